The first-order chi connectivity index (χ1) is 12.6. The Balaban J connectivity index is 1.84. The Labute approximate surface area is 162 Å². The minimum atomic E-state index is -0.784. The molecule has 0 bridgehead atoms. The third kappa shape index (κ3) is 7.35. The number of amides is 1. The molecule has 1 amide bonds. The molecule has 26 heavy (non-hydrogen) atoms. The lowest BCUT2D eigenvalue weighted by molar-refractivity contribution is -0.137. The molecule has 0 aromatic carbocycles. The number of aliphatic carboxylic acids is 1. The van der Waals surface area contributed by atoms with Crippen LogP contribution in [0.2, 0.25) is 0 Å². The number of piperidine rings is 1. The van der Waals surface area contributed by atoms with Gasteiger partial charge in [0.25, 0.3) is 0 Å². The van der Waals surface area contributed by atoms with E-state index in [1.54, 1.807) is 17.4 Å². The number of aliphatic hydroxyl groups excluding tert-OH is 1. The molecule has 1 aliphatic rings. The quantitative estimate of drug-likeness (QED) is 0.272. The third-order valence-corrected chi connectivity index (χ3v) is 6.08. The monoisotopic (exact) mass is 395 g/mol. The van der Waals surface area contributed by atoms with E-state index in [9.17, 15) is 14.7 Å². The van der Waals surface area contributed by atoms with Crippen LogP contribution in [0.25, 0.3) is 0 Å². The van der Waals surface area contributed by atoms with Gasteiger partial charge in [-0.25, -0.2) is 0 Å². The molecule has 2 N–H and O–H groups in total. The van der Waals surface area contributed by atoms with E-state index in [0.717, 1.165) is 17.1 Å². The number of thiophene rings is 1. The summed E-state index contributed by atoms with van der Waals surface area (Å²) < 4.78 is 1.06. The Morgan fingerprint density at radius 3 is 3.04 bits per heavy atom. The zero-order valence-corrected chi connectivity index (χ0v) is 16.3. The summed E-state index contributed by atoms with van der Waals surface area (Å²) in [5, 5.41) is 20.7. The molecule has 0 saturated carbocycles. The molecule has 0 aliphatic carbocycles. The molecular weight excluding hydrogens is 370 g/mol. The van der Waals surface area contributed by atoms with Crippen molar-refractivity contribution < 1.29 is 19.8 Å². The lowest BCUT2D eigenvalue weighted by atomic mass is 10.0. The molecule has 1 aliphatic heterocycles. The van der Waals surface area contributed by atoms with Gasteiger partial charge in [-0.2, -0.15) is 0 Å². The zero-order chi connectivity index (χ0) is 18.8. The maximum absolute atomic E-state index is 12.2. The van der Waals surface area contributed by atoms with Gasteiger partial charge in [-0.1, -0.05) is 36.1 Å². The third-order valence-electron chi connectivity index (χ3n) is 4.07. The molecule has 2 heterocycles. The first-order valence-corrected chi connectivity index (χ1v) is 10.5. The van der Waals surface area contributed by atoms with Crippen LogP contribution in [0.3, 0.4) is 0 Å². The molecule has 142 valence electrons. The number of allylic oxidation sites excluding steroid dienone is 1. The van der Waals surface area contributed by atoms with Gasteiger partial charge in [0, 0.05) is 19.4 Å². The summed E-state index contributed by atoms with van der Waals surface area (Å²) in [5.74, 6) is -0.657. The number of hydrogen-bond acceptors (Lipinski definition) is 5. The number of thioether (sulfide) groups is 1. The van der Waals surface area contributed by atoms with E-state index < -0.39 is 11.4 Å². The average Bonchev–Trinajstić information content (AvgIpc) is 3.10. The van der Waals surface area contributed by atoms with E-state index in [2.05, 4.69) is 0 Å². The van der Waals surface area contributed by atoms with E-state index in [1.165, 1.54) is 11.8 Å². The molecule has 5 nitrogen and oxygen atoms in total. The molecule has 1 saturated heterocycles. The zero-order valence-electron chi connectivity index (χ0n) is 14.6. The fourth-order valence-corrected chi connectivity index (χ4v) is 4.47. The standard InChI is InChI=1S/C19H25NO4S2/c21-16-8-5-7-15(11-12-18(24)26-19-10-6-14-25-19)20(16)13-4-2-1-3-9-17(22)23/h2,4,6,10-12,14-15,18,24H,1,3,5,7-9,13H2,(H,22,23)/b4-2-,12-11+/t15-,18?/m1/s1. The Bertz CT molecular complexity index is 627. The Hall–Kier alpha value is -1.57. The van der Waals surface area contributed by atoms with E-state index >= 15 is 0 Å². The Morgan fingerprint density at radius 1 is 1.46 bits per heavy atom. The maximum Gasteiger partial charge on any atom is 0.303 e. The number of carbonyl (C=O) groups excluding carboxylic acids is 1. The lowest BCUT2D eigenvalue weighted by Gasteiger charge is -2.33. The Morgan fingerprint density at radius 2 is 2.31 bits per heavy atom. The molecular formula is C19H25NO4S2. The van der Waals surface area contributed by atoms with E-state index in [1.807, 2.05) is 40.6 Å². The van der Waals surface area contributed by atoms with Crippen molar-refractivity contribution in [2.45, 2.75) is 54.2 Å². The van der Waals surface area contributed by atoms with Crippen LogP contribution in [0.4, 0.5) is 0 Å². The van der Waals surface area contributed by atoms with Crippen LogP contribution in [0.1, 0.15) is 38.5 Å². The number of unbranched alkanes of at least 4 members (excludes halogenated alkanes) is 1. The fraction of sp³-hybridized carbons (Fsp3) is 0.474. The lowest BCUT2D eigenvalue weighted by Crippen LogP contribution is -2.42. The minimum Gasteiger partial charge on any atom is -0.481 e. The summed E-state index contributed by atoms with van der Waals surface area (Å²) in [4.78, 5) is 24.5. The van der Waals surface area contributed by atoms with Gasteiger partial charge in [0.15, 0.2) is 0 Å². The van der Waals surface area contributed by atoms with Gasteiger partial charge in [-0.15, -0.1) is 11.3 Å². The van der Waals surface area contributed by atoms with Crippen LogP contribution >= 0.6 is 23.1 Å². The smallest absolute Gasteiger partial charge is 0.303 e. The van der Waals surface area contributed by atoms with Crippen LogP contribution in [0.5, 0.6) is 0 Å². The number of carboxylic acids is 1. The number of carboxylic acid groups (broad SMARTS) is 1. The van der Waals surface area contributed by atoms with Crippen molar-refractivity contribution in [1.82, 2.24) is 4.90 Å². The van der Waals surface area contributed by atoms with Gasteiger partial charge in [-0.3, -0.25) is 9.59 Å². The van der Waals surface area contributed by atoms with Crippen molar-refractivity contribution in [2.24, 2.45) is 0 Å². The van der Waals surface area contributed by atoms with E-state index in [4.69, 9.17) is 5.11 Å². The van der Waals surface area contributed by atoms with Crippen molar-refractivity contribution in [3.05, 3.63) is 41.8 Å². The molecule has 1 aromatic heterocycles. The molecule has 0 radical (unpaired) electrons. The number of hydrogen-bond donors (Lipinski definition) is 2. The second kappa shape index (κ2) is 11.2. The van der Waals surface area contributed by atoms with Gasteiger partial charge < -0.3 is 15.1 Å². The largest absolute Gasteiger partial charge is 0.481 e. The predicted octanol–water partition coefficient (Wildman–Crippen LogP) is 3.91. The van der Waals surface area contributed by atoms with Crippen LogP contribution in [0.15, 0.2) is 46.0 Å². The number of carbonyl (C=O) groups is 2. The number of nitrogens with zero attached hydrogens (tertiary/aromatic N) is 1. The van der Waals surface area contributed by atoms with E-state index in [0.29, 0.717) is 25.8 Å². The van der Waals surface area contributed by atoms with Gasteiger partial charge in [0.05, 0.1) is 10.3 Å². The van der Waals surface area contributed by atoms with Crippen molar-refractivity contribution in [1.29, 1.82) is 0 Å². The molecule has 0 spiro atoms. The van der Waals surface area contributed by atoms with Crippen LogP contribution in [-0.2, 0) is 9.59 Å². The second-order valence-corrected chi connectivity index (χ2v) is 8.45. The minimum absolute atomic E-state index is 0.00138. The van der Waals surface area contributed by atoms with Crippen molar-refractivity contribution in [2.75, 3.05) is 6.54 Å². The molecule has 7 heteroatoms. The van der Waals surface area contributed by atoms with Crippen LogP contribution < -0.4 is 0 Å². The highest BCUT2D eigenvalue weighted by Gasteiger charge is 2.25. The second-order valence-electron chi connectivity index (χ2n) is 6.09. The summed E-state index contributed by atoms with van der Waals surface area (Å²) in [6.07, 6.45) is 11.3. The van der Waals surface area contributed by atoms with Crippen LogP contribution in [-0.4, -0.2) is 45.0 Å². The normalized spacial score (nSPS) is 19.5. The number of rotatable bonds is 10. The van der Waals surface area contributed by atoms with Crippen molar-refractivity contribution in [3.8, 4) is 0 Å². The summed E-state index contributed by atoms with van der Waals surface area (Å²) in [6.45, 7) is 0.523. The summed E-state index contributed by atoms with van der Waals surface area (Å²) in [6, 6.07) is 3.92. The summed E-state index contributed by atoms with van der Waals surface area (Å²) >= 11 is 2.98. The molecule has 1 unspecified atom stereocenters. The van der Waals surface area contributed by atoms with Gasteiger partial charge in [0.2, 0.25) is 5.91 Å². The summed E-state index contributed by atoms with van der Waals surface area (Å²) in [7, 11) is 0. The van der Waals surface area contributed by atoms with Gasteiger partial charge in [0.1, 0.15) is 5.44 Å². The highest BCUT2D eigenvalue weighted by atomic mass is 32.2. The first kappa shape index (κ1) is 20.7. The number of aliphatic hydroxyl groups is 1. The predicted molar refractivity (Wildman–Crippen MR) is 105 cm³/mol. The highest BCUT2D eigenvalue weighted by molar-refractivity contribution is 8.01. The number of likely N-dealkylation sites (tertiary alicyclic amines) is 1. The van der Waals surface area contributed by atoms with Crippen molar-refractivity contribution in [3.63, 3.8) is 0 Å². The molecule has 1 fully saturated rings. The Kier molecular flexibility index (Phi) is 8.94. The first-order valence-electron chi connectivity index (χ1n) is 8.79. The fourth-order valence-electron chi connectivity index (χ4n) is 2.77. The SMILES string of the molecule is O=C(O)CCC/C=C\CN1C(=O)CCC[C@@H]1/C=C/C(O)Sc1cccs1. The highest BCUT2D eigenvalue weighted by Crippen LogP contribution is 2.28. The van der Waals surface area contributed by atoms with E-state index in [-0.39, 0.29) is 18.4 Å². The summed E-state index contributed by atoms with van der Waals surface area (Å²) in [5.41, 5.74) is -0.626. The van der Waals surface area contributed by atoms with Gasteiger partial charge in [-0.05, 0) is 43.2 Å². The molecule has 2 rings (SSSR count). The topological polar surface area (TPSA) is 77.8 Å². The van der Waals surface area contributed by atoms with Crippen LogP contribution in [0, 0.1) is 0 Å². The maximum atomic E-state index is 12.2. The molecule has 2 atom stereocenters. The average molecular weight is 396 g/mol. The van der Waals surface area contributed by atoms with Crippen molar-refractivity contribution >= 4 is 35.0 Å². The molecule has 1 aromatic rings. The van der Waals surface area contributed by atoms with Gasteiger partial charge >= 0.3 is 5.97 Å².